The van der Waals surface area contributed by atoms with Crippen molar-refractivity contribution in [1.82, 2.24) is 9.88 Å². The van der Waals surface area contributed by atoms with Gasteiger partial charge in [0.2, 0.25) is 0 Å². The minimum Gasteiger partial charge on any atom is -0.403 e. The van der Waals surface area contributed by atoms with Crippen molar-refractivity contribution in [1.29, 1.82) is 0 Å². The normalized spacial score (nSPS) is 23.6. The van der Waals surface area contributed by atoms with Crippen LogP contribution >= 0.6 is 0 Å². The number of hydrogen-bond donors (Lipinski definition) is 0. The molecule has 2 aromatic rings. The second-order valence-electron chi connectivity index (χ2n) is 8.75. The van der Waals surface area contributed by atoms with E-state index in [1.165, 1.54) is 16.3 Å². The SMILES string of the molecule is CC1(C)OB(C2CCN(Cc3cccc4cnccc34)CC2)OC1(C)C. The first-order valence-electron chi connectivity index (χ1n) is 9.75. The van der Waals surface area contributed by atoms with Crippen LogP contribution in [0, 0.1) is 0 Å². The predicted molar refractivity (Wildman–Crippen MR) is 106 cm³/mol. The van der Waals surface area contributed by atoms with Gasteiger partial charge in [-0.25, -0.2) is 0 Å². The van der Waals surface area contributed by atoms with Crippen LogP contribution < -0.4 is 0 Å². The minimum absolute atomic E-state index is 0.0641. The maximum Gasteiger partial charge on any atom is 0.461 e. The molecule has 2 fully saturated rings. The average Bonchev–Trinajstić information content (AvgIpc) is 2.84. The van der Waals surface area contributed by atoms with Gasteiger partial charge in [0.05, 0.1) is 11.2 Å². The van der Waals surface area contributed by atoms with Crippen LogP contribution in [0.3, 0.4) is 0 Å². The standard InChI is InChI=1S/C21H29BN2O2/c1-20(2)21(3,4)26-22(25-20)18-9-12-24(13-10-18)15-17-7-5-6-16-14-23-11-8-19(16)17/h5-8,11,14,18H,9-10,12-13,15H2,1-4H3. The number of hydrogen-bond acceptors (Lipinski definition) is 4. The van der Waals surface area contributed by atoms with Crippen molar-refractivity contribution in [3.05, 3.63) is 42.2 Å². The summed E-state index contributed by atoms with van der Waals surface area (Å²) in [6, 6.07) is 8.64. The fraction of sp³-hybridized carbons (Fsp3) is 0.571. The molecule has 0 spiro atoms. The number of rotatable bonds is 3. The molecule has 0 bridgehead atoms. The van der Waals surface area contributed by atoms with Gasteiger partial charge >= 0.3 is 7.12 Å². The molecule has 0 aliphatic carbocycles. The quantitative estimate of drug-likeness (QED) is 0.772. The van der Waals surface area contributed by atoms with Gasteiger partial charge in [0.15, 0.2) is 0 Å². The van der Waals surface area contributed by atoms with E-state index in [0.29, 0.717) is 5.82 Å². The number of pyridine rings is 1. The molecule has 1 aromatic heterocycles. The van der Waals surface area contributed by atoms with Crippen LogP contribution in [-0.4, -0.2) is 41.3 Å². The van der Waals surface area contributed by atoms with Crippen molar-refractivity contribution in [2.45, 2.75) is 64.1 Å². The Balaban J connectivity index is 1.39. The minimum atomic E-state index is -0.230. The second kappa shape index (κ2) is 6.63. The molecular weight excluding hydrogens is 323 g/mol. The van der Waals surface area contributed by atoms with Crippen molar-refractivity contribution in [2.24, 2.45) is 0 Å². The second-order valence-corrected chi connectivity index (χ2v) is 8.75. The number of aromatic nitrogens is 1. The zero-order valence-corrected chi connectivity index (χ0v) is 16.4. The van der Waals surface area contributed by atoms with Crippen molar-refractivity contribution in [3.63, 3.8) is 0 Å². The highest BCUT2D eigenvalue weighted by atomic mass is 16.7. The Kier molecular flexibility index (Phi) is 4.58. The van der Waals surface area contributed by atoms with E-state index in [4.69, 9.17) is 9.31 Å². The van der Waals surface area contributed by atoms with Gasteiger partial charge in [0, 0.05) is 24.3 Å². The smallest absolute Gasteiger partial charge is 0.403 e. The topological polar surface area (TPSA) is 34.6 Å². The van der Waals surface area contributed by atoms with Gasteiger partial charge in [0.1, 0.15) is 0 Å². The van der Waals surface area contributed by atoms with E-state index < -0.39 is 0 Å². The molecule has 2 aliphatic rings. The Morgan fingerprint density at radius 3 is 2.46 bits per heavy atom. The molecule has 138 valence electrons. The van der Waals surface area contributed by atoms with Crippen molar-refractivity contribution in [3.8, 4) is 0 Å². The summed E-state index contributed by atoms with van der Waals surface area (Å²) >= 11 is 0. The zero-order chi connectivity index (χ0) is 18.4. The lowest BCUT2D eigenvalue weighted by atomic mass is 9.67. The molecule has 0 saturated carbocycles. The van der Waals surface area contributed by atoms with E-state index in [0.717, 1.165) is 32.5 Å². The van der Waals surface area contributed by atoms with Crippen LogP contribution in [0.1, 0.15) is 46.1 Å². The van der Waals surface area contributed by atoms with E-state index >= 15 is 0 Å². The summed E-state index contributed by atoms with van der Waals surface area (Å²) in [5, 5.41) is 2.53. The highest BCUT2D eigenvalue weighted by Crippen LogP contribution is 2.42. The zero-order valence-electron chi connectivity index (χ0n) is 16.4. The number of nitrogens with zero attached hydrogens (tertiary/aromatic N) is 2. The largest absolute Gasteiger partial charge is 0.461 e. The van der Waals surface area contributed by atoms with Gasteiger partial charge in [0.25, 0.3) is 0 Å². The summed E-state index contributed by atoms with van der Waals surface area (Å²) in [5.41, 5.74) is 0.927. The van der Waals surface area contributed by atoms with E-state index in [1.54, 1.807) is 0 Å². The molecule has 0 N–H and O–H groups in total. The average molecular weight is 352 g/mol. The van der Waals surface area contributed by atoms with Gasteiger partial charge in [-0.05, 0) is 76.5 Å². The van der Waals surface area contributed by atoms with Crippen LogP contribution in [0.2, 0.25) is 5.82 Å². The number of piperidine rings is 1. The molecular formula is C21H29BN2O2. The first kappa shape index (κ1) is 18.0. The molecule has 26 heavy (non-hydrogen) atoms. The molecule has 4 rings (SSSR count). The first-order valence-corrected chi connectivity index (χ1v) is 9.75. The monoisotopic (exact) mass is 352 g/mol. The Labute approximate surface area is 157 Å². The predicted octanol–water partition coefficient (Wildman–Crippen LogP) is 4.29. The maximum absolute atomic E-state index is 6.27. The first-order chi connectivity index (χ1) is 12.4. The Bertz CT molecular complexity index is 763. The molecule has 1 aromatic carbocycles. The lowest BCUT2D eigenvalue weighted by Gasteiger charge is -2.33. The summed E-state index contributed by atoms with van der Waals surface area (Å²) in [4.78, 5) is 6.79. The third-order valence-corrected chi connectivity index (χ3v) is 6.45. The molecule has 4 nitrogen and oxygen atoms in total. The maximum atomic E-state index is 6.27. The fourth-order valence-electron chi connectivity index (χ4n) is 4.03. The van der Waals surface area contributed by atoms with E-state index in [9.17, 15) is 0 Å². The molecule has 0 unspecified atom stereocenters. The number of benzene rings is 1. The van der Waals surface area contributed by atoms with Crippen molar-refractivity contribution >= 4 is 17.9 Å². The summed E-state index contributed by atoms with van der Waals surface area (Å²) in [5.74, 6) is 0.490. The van der Waals surface area contributed by atoms with E-state index in [2.05, 4.69) is 61.8 Å². The van der Waals surface area contributed by atoms with Gasteiger partial charge < -0.3 is 9.31 Å². The molecule has 5 heteroatoms. The lowest BCUT2D eigenvalue weighted by Crippen LogP contribution is -2.41. The number of fused-ring (bicyclic) bond motifs is 1. The van der Waals surface area contributed by atoms with Gasteiger partial charge in [-0.15, -0.1) is 0 Å². The molecule has 2 aliphatic heterocycles. The van der Waals surface area contributed by atoms with E-state index in [1.807, 2.05) is 12.4 Å². The van der Waals surface area contributed by atoms with Crippen molar-refractivity contribution < 1.29 is 9.31 Å². The van der Waals surface area contributed by atoms with Crippen LogP contribution in [0.25, 0.3) is 10.8 Å². The van der Waals surface area contributed by atoms with Crippen LogP contribution in [0.5, 0.6) is 0 Å². The van der Waals surface area contributed by atoms with E-state index in [-0.39, 0.29) is 18.3 Å². The Hall–Kier alpha value is -1.43. The lowest BCUT2D eigenvalue weighted by molar-refractivity contribution is 0.00578. The summed E-state index contributed by atoms with van der Waals surface area (Å²) < 4.78 is 12.5. The Morgan fingerprint density at radius 1 is 1.08 bits per heavy atom. The molecule has 3 heterocycles. The molecule has 0 atom stereocenters. The molecule has 2 saturated heterocycles. The van der Waals surface area contributed by atoms with Gasteiger partial charge in [-0.3, -0.25) is 9.88 Å². The third kappa shape index (κ3) is 3.28. The van der Waals surface area contributed by atoms with Gasteiger partial charge in [-0.1, -0.05) is 18.2 Å². The third-order valence-electron chi connectivity index (χ3n) is 6.45. The van der Waals surface area contributed by atoms with Crippen LogP contribution in [-0.2, 0) is 15.9 Å². The summed E-state index contributed by atoms with van der Waals surface area (Å²) in [6.07, 6.45) is 6.09. The Morgan fingerprint density at radius 2 is 1.77 bits per heavy atom. The summed E-state index contributed by atoms with van der Waals surface area (Å²) in [7, 11) is -0.0641. The van der Waals surface area contributed by atoms with Crippen LogP contribution in [0.15, 0.2) is 36.7 Å². The summed E-state index contributed by atoms with van der Waals surface area (Å²) in [6.45, 7) is 11.7. The van der Waals surface area contributed by atoms with Gasteiger partial charge in [-0.2, -0.15) is 0 Å². The number of likely N-dealkylation sites (tertiary alicyclic amines) is 1. The van der Waals surface area contributed by atoms with Crippen LogP contribution in [0.4, 0.5) is 0 Å². The highest BCUT2D eigenvalue weighted by Gasteiger charge is 2.53. The highest BCUT2D eigenvalue weighted by molar-refractivity contribution is 6.47. The molecule has 0 radical (unpaired) electrons. The molecule has 0 amide bonds. The van der Waals surface area contributed by atoms with Crippen molar-refractivity contribution in [2.75, 3.05) is 13.1 Å². The fourth-order valence-corrected chi connectivity index (χ4v) is 4.03.